The van der Waals surface area contributed by atoms with E-state index in [1.54, 1.807) is 0 Å². The number of carbonyl (C=O) groups excluding carboxylic acids is 3. The third-order valence-corrected chi connectivity index (χ3v) is 5.33. The minimum atomic E-state index is -0.530. The zero-order chi connectivity index (χ0) is 22.9. The molecule has 172 valence electrons. The van der Waals surface area contributed by atoms with Crippen molar-refractivity contribution in [3.63, 3.8) is 0 Å². The van der Waals surface area contributed by atoms with E-state index in [9.17, 15) is 14.4 Å². The van der Waals surface area contributed by atoms with Crippen molar-refractivity contribution in [3.8, 4) is 0 Å². The van der Waals surface area contributed by atoms with Crippen molar-refractivity contribution in [2.45, 2.75) is 71.6 Å². The normalized spacial score (nSPS) is 20.7. The average molecular weight is 435 g/mol. The Morgan fingerprint density at radius 3 is 2.29 bits per heavy atom. The number of unbranched alkanes of at least 4 members (excludes halogenated alkanes) is 1. The highest BCUT2D eigenvalue weighted by Gasteiger charge is 2.54. The summed E-state index contributed by atoms with van der Waals surface area (Å²) < 4.78 is 10.4. The maximum atomic E-state index is 13.0. The number of rotatable bonds is 7. The third-order valence-electron chi connectivity index (χ3n) is 5.33. The molecule has 4 amide bonds. The van der Waals surface area contributed by atoms with E-state index in [0.717, 1.165) is 18.4 Å². The summed E-state index contributed by atoms with van der Waals surface area (Å²) in [7, 11) is 0. The van der Waals surface area contributed by atoms with Gasteiger partial charge < -0.3 is 20.1 Å². The number of hydrogen-bond acceptors (Lipinski definition) is 5. The molecule has 1 fully saturated rings. The van der Waals surface area contributed by atoms with E-state index >= 15 is 0 Å². The number of imide groups is 1. The molecule has 1 aliphatic heterocycles. The molecule has 1 aromatic carbocycles. The van der Waals surface area contributed by atoms with Gasteiger partial charge in [-0.2, -0.15) is 4.79 Å². The molecule has 0 bridgehead atoms. The van der Waals surface area contributed by atoms with Crippen LogP contribution >= 0.6 is 0 Å². The largest absolute Gasteiger partial charge is 0.525 e. The Hall–Kier alpha value is -2.61. The molecule has 0 aliphatic carbocycles. The minimum absolute atomic E-state index is 0.128. The Balaban J connectivity index is 1.79. The van der Waals surface area contributed by atoms with Crippen molar-refractivity contribution >= 4 is 18.2 Å². The van der Waals surface area contributed by atoms with Crippen LogP contribution in [0.1, 0.15) is 58.9 Å². The van der Waals surface area contributed by atoms with Gasteiger partial charge in [0.25, 0.3) is 0 Å². The van der Waals surface area contributed by atoms with Crippen LogP contribution in [0.25, 0.3) is 0 Å². The summed E-state index contributed by atoms with van der Waals surface area (Å²) >= 11 is 0. The predicted molar refractivity (Wildman–Crippen MR) is 117 cm³/mol. The SMILES string of the molecule is C[C@@H]1CCC[N+]1(C(=O)NCCCCNC(=O)OC(C)(C)C)C(=O)OCc1ccccc1. The molecule has 0 aromatic heterocycles. The molecule has 0 spiro atoms. The summed E-state index contributed by atoms with van der Waals surface area (Å²) in [6, 6.07) is 9.00. The number of likely N-dealkylation sites (tertiary alicyclic amines) is 1. The number of alkyl carbamates (subject to hydrolysis) is 1. The van der Waals surface area contributed by atoms with Crippen LogP contribution in [0.3, 0.4) is 0 Å². The summed E-state index contributed by atoms with van der Waals surface area (Å²) in [4.78, 5) is 37.6. The lowest BCUT2D eigenvalue weighted by Gasteiger charge is -2.31. The number of carbonyl (C=O) groups is 3. The third kappa shape index (κ3) is 7.24. The van der Waals surface area contributed by atoms with Gasteiger partial charge in [-0.15, -0.1) is 4.48 Å². The lowest BCUT2D eigenvalue weighted by molar-refractivity contribution is -0.788. The standard InChI is InChI=1S/C23H35N3O5/c1-18-11-10-16-26(18,22(29)30-17-19-12-6-5-7-13-19)20(27)24-14-8-9-15-25-21(28)31-23(2,3)4/h5-7,12-13,18H,8-11,14-17H2,1-4H3,(H-,24,25,27,28)/p+1/t18-,26?/m1/s1. The van der Waals surface area contributed by atoms with Gasteiger partial charge in [0.05, 0.1) is 6.54 Å². The quantitative estimate of drug-likeness (QED) is 0.492. The van der Waals surface area contributed by atoms with Gasteiger partial charge in [-0.1, -0.05) is 30.3 Å². The van der Waals surface area contributed by atoms with Gasteiger partial charge >= 0.3 is 18.2 Å². The van der Waals surface area contributed by atoms with Crippen molar-refractivity contribution in [1.82, 2.24) is 10.6 Å². The number of amides is 4. The maximum Gasteiger partial charge on any atom is 0.525 e. The molecule has 8 heteroatoms. The number of quaternary nitrogens is 1. The Kier molecular flexibility index (Phi) is 8.86. The molecule has 0 radical (unpaired) electrons. The van der Waals surface area contributed by atoms with Crippen molar-refractivity contribution in [2.75, 3.05) is 19.6 Å². The second-order valence-corrected chi connectivity index (χ2v) is 8.99. The van der Waals surface area contributed by atoms with E-state index in [2.05, 4.69) is 10.6 Å². The average Bonchev–Trinajstić information content (AvgIpc) is 3.10. The fourth-order valence-corrected chi connectivity index (χ4v) is 3.66. The summed E-state index contributed by atoms with van der Waals surface area (Å²) in [5.41, 5.74) is 0.357. The first-order valence-corrected chi connectivity index (χ1v) is 11.0. The van der Waals surface area contributed by atoms with Crippen molar-refractivity contribution < 1.29 is 28.3 Å². The van der Waals surface area contributed by atoms with E-state index in [-0.39, 0.29) is 23.2 Å². The van der Waals surface area contributed by atoms with Crippen molar-refractivity contribution in [2.24, 2.45) is 0 Å². The van der Waals surface area contributed by atoms with Gasteiger partial charge in [-0.3, -0.25) is 0 Å². The van der Waals surface area contributed by atoms with E-state index in [1.807, 2.05) is 58.0 Å². The highest BCUT2D eigenvalue weighted by Crippen LogP contribution is 2.29. The minimum Gasteiger partial charge on any atom is -0.444 e. The van der Waals surface area contributed by atoms with Crippen LogP contribution in [0.4, 0.5) is 14.4 Å². The highest BCUT2D eigenvalue weighted by atomic mass is 16.6. The maximum absolute atomic E-state index is 13.0. The van der Waals surface area contributed by atoms with Gasteiger partial charge in [-0.25, -0.2) is 9.59 Å². The lowest BCUT2D eigenvalue weighted by atomic mass is 10.2. The second-order valence-electron chi connectivity index (χ2n) is 8.99. The van der Waals surface area contributed by atoms with Crippen LogP contribution in [0.15, 0.2) is 30.3 Å². The first-order chi connectivity index (χ1) is 14.6. The van der Waals surface area contributed by atoms with Gasteiger partial charge in [0.1, 0.15) is 18.2 Å². The number of hydrogen-bond donors (Lipinski definition) is 2. The summed E-state index contributed by atoms with van der Waals surface area (Å²) in [5, 5.41) is 5.59. The predicted octanol–water partition coefficient (Wildman–Crippen LogP) is 4.34. The Bertz CT molecular complexity index is 747. The zero-order valence-electron chi connectivity index (χ0n) is 19.1. The summed E-state index contributed by atoms with van der Waals surface area (Å²) in [6.07, 6.45) is 2.01. The molecule has 1 aliphatic rings. The van der Waals surface area contributed by atoms with Gasteiger partial charge in [0, 0.05) is 25.9 Å². The van der Waals surface area contributed by atoms with E-state index in [4.69, 9.17) is 9.47 Å². The van der Waals surface area contributed by atoms with Crippen LogP contribution in [0, 0.1) is 0 Å². The molecule has 1 aromatic rings. The Morgan fingerprint density at radius 1 is 1.06 bits per heavy atom. The monoisotopic (exact) mass is 434 g/mol. The topological polar surface area (TPSA) is 93.7 Å². The highest BCUT2D eigenvalue weighted by molar-refractivity contribution is 5.80. The zero-order valence-corrected chi connectivity index (χ0v) is 19.1. The molecular formula is C23H36N3O5+. The Labute approximate surface area is 184 Å². The fraction of sp³-hybridized carbons (Fsp3) is 0.609. The van der Waals surface area contributed by atoms with Gasteiger partial charge in [-0.05, 0) is 46.1 Å². The van der Waals surface area contributed by atoms with Gasteiger partial charge in [0.15, 0.2) is 0 Å². The first kappa shape index (κ1) is 24.7. The van der Waals surface area contributed by atoms with E-state index in [1.165, 1.54) is 0 Å². The number of urea groups is 1. The molecule has 2 rings (SSSR count). The molecule has 8 nitrogen and oxygen atoms in total. The molecule has 1 saturated heterocycles. The van der Waals surface area contributed by atoms with Crippen LogP contribution < -0.4 is 10.6 Å². The smallest absolute Gasteiger partial charge is 0.444 e. The molecule has 2 N–H and O–H groups in total. The number of nitrogens with one attached hydrogen (secondary N) is 2. The molecular weight excluding hydrogens is 398 g/mol. The molecule has 1 heterocycles. The second kappa shape index (κ2) is 11.1. The van der Waals surface area contributed by atoms with Crippen molar-refractivity contribution in [3.05, 3.63) is 35.9 Å². The molecule has 2 atom stereocenters. The van der Waals surface area contributed by atoms with E-state index in [0.29, 0.717) is 32.5 Å². The molecule has 1 unspecified atom stereocenters. The van der Waals surface area contributed by atoms with Crippen LogP contribution in [-0.2, 0) is 16.1 Å². The molecule has 31 heavy (non-hydrogen) atoms. The van der Waals surface area contributed by atoms with Crippen LogP contribution in [0.5, 0.6) is 0 Å². The first-order valence-electron chi connectivity index (χ1n) is 11.0. The molecule has 0 saturated carbocycles. The van der Waals surface area contributed by atoms with E-state index < -0.39 is 17.8 Å². The van der Waals surface area contributed by atoms with Crippen LogP contribution in [0.2, 0.25) is 0 Å². The summed E-state index contributed by atoms with van der Waals surface area (Å²) in [5.74, 6) is 0. The fourth-order valence-electron chi connectivity index (χ4n) is 3.66. The number of nitrogens with zero attached hydrogens (tertiary/aromatic N) is 1. The van der Waals surface area contributed by atoms with Crippen molar-refractivity contribution in [1.29, 1.82) is 0 Å². The lowest BCUT2D eigenvalue weighted by Crippen LogP contribution is -2.62. The number of ether oxygens (including phenoxy) is 2. The van der Waals surface area contributed by atoms with Gasteiger partial charge in [0.2, 0.25) is 0 Å². The van der Waals surface area contributed by atoms with Crippen LogP contribution in [-0.4, -0.2) is 54.0 Å². The summed E-state index contributed by atoms with van der Waals surface area (Å²) in [6.45, 7) is 8.83. The number of benzene rings is 1. The Morgan fingerprint density at radius 2 is 1.71 bits per heavy atom.